The molecular weight excluding hydrogens is 268 g/mol. The summed E-state index contributed by atoms with van der Waals surface area (Å²) < 4.78 is 0. The molecule has 0 saturated heterocycles. The summed E-state index contributed by atoms with van der Waals surface area (Å²) in [6.07, 6.45) is 8.42. The van der Waals surface area contributed by atoms with Crippen molar-refractivity contribution in [1.29, 1.82) is 0 Å². The highest BCUT2D eigenvalue weighted by atomic mass is 32.1. The number of anilines is 1. The van der Waals surface area contributed by atoms with Gasteiger partial charge in [0.25, 0.3) is 0 Å². The first kappa shape index (κ1) is 14.1. The van der Waals surface area contributed by atoms with E-state index < -0.39 is 0 Å². The Kier molecular flexibility index (Phi) is 3.61. The Morgan fingerprint density at radius 2 is 1.90 bits per heavy atom. The number of carbonyl (C=O) groups is 1. The zero-order chi connectivity index (χ0) is 14.3. The van der Waals surface area contributed by atoms with Gasteiger partial charge >= 0.3 is 0 Å². The number of hydrogen-bond donors (Lipinski definition) is 0. The standard InChI is InChI=1S/C16H24N2OS/c1-16(2)8-6-12(7-9-16)18(3)15-17-14(11-4-5-11)13(10-19)20-15/h10-12H,4-9H2,1-3H3. The largest absolute Gasteiger partial charge is 0.348 e. The maximum atomic E-state index is 11.2. The number of hydrogen-bond acceptors (Lipinski definition) is 4. The van der Waals surface area contributed by atoms with Gasteiger partial charge in [-0.3, -0.25) is 4.79 Å². The van der Waals surface area contributed by atoms with E-state index in [0.29, 0.717) is 17.4 Å². The highest BCUT2D eigenvalue weighted by Crippen LogP contribution is 2.44. The van der Waals surface area contributed by atoms with E-state index in [0.717, 1.165) is 22.0 Å². The summed E-state index contributed by atoms with van der Waals surface area (Å²) in [7, 11) is 2.15. The molecule has 110 valence electrons. The predicted octanol–water partition coefficient (Wildman–Crippen LogP) is 4.24. The Hall–Kier alpha value is -0.900. The highest BCUT2D eigenvalue weighted by Gasteiger charge is 2.33. The Balaban J connectivity index is 1.74. The van der Waals surface area contributed by atoms with Crippen molar-refractivity contribution in [2.75, 3.05) is 11.9 Å². The van der Waals surface area contributed by atoms with Gasteiger partial charge in [-0.25, -0.2) is 4.98 Å². The third-order valence-corrected chi connectivity index (χ3v) is 5.99. The van der Waals surface area contributed by atoms with Crippen molar-refractivity contribution >= 4 is 22.8 Å². The fourth-order valence-electron chi connectivity index (χ4n) is 3.14. The van der Waals surface area contributed by atoms with Crippen LogP contribution in [0.2, 0.25) is 0 Å². The Morgan fingerprint density at radius 3 is 2.45 bits per heavy atom. The van der Waals surface area contributed by atoms with Gasteiger partial charge in [0.1, 0.15) is 0 Å². The van der Waals surface area contributed by atoms with Crippen molar-refractivity contribution in [1.82, 2.24) is 4.98 Å². The molecule has 1 heterocycles. The van der Waals surface area contributed by atoms with Crippen LogP contribution >= 0.6 is 11.3 Å². The van der Waals surface area contributed by atoms with Crippen LogP contribution in [0, 0.1) is 5.41 Å². The van der Waals surface area contributed by atoms with Crippen LogP contribution in [-0.2, 0) is 0 Å². The van der Waals surface area contributed by atoms with E-state index in [4.69, 9.17) is 4.98 Å². The first-order valence-corrected chi connectivity index (χ1v) is 8.50. The molecule has 1 aromatic heterocycles. The molecule has 2 fully saturated rings. The van der Waals surface area contributed by atoms with Crippen molar-refractivity contribution < 1.29 is 4.79 Å². The molecule has 0 unspecified atom stereocenters. The van der Waals surface area contributed by atoms with Crippen LogP contribution in [0.1, 0.15) is 73.7 Å². The molecule has 20 heavy (non-hydrogen) atoms. The summed E-state index contributed by atoms with van der Waals surface area (Å²) in [6.45, 7) is 4.73. The average Bonchev–Trinajstić information content (AvgIpc) is 3.17. The number of aromatic nitrogens is 1. The third kappa shape index (κ3) is 2.76. The maximum Gasteiger partial charge on any atom is 0.186 e. The van der Waals surface area contributed by atoms with Crippen LogP contribution in [0.3, 0.4) is 0 Å². The molecule has 3 rings (SSSR count). The van der Waals surface area contributed by atoms with Crippen LogP contribution in [0.4, 0.5) is 5.13 Å². The summed E-state index contributed by atoms with van der Waals surface area (Å²) in [4.78, 5) is 19.1. The van der Waals surface area contributed by atoms with E-state index in [1.165, 1.54) is 38.5 Å². The second-order valence-electron chi connectivity index (χ2n) is 7.14. The zero-order valence-corrected chi connectivity index (χ0v) is 13.5. The molecule has 3 nitrogen and oxygen atoms in total. The highest BCUT2D eigenvalue weighted by molar-refractivity contribution is 7.17. The van der Waals surface area contributed by atoms with E-state index in [2.05, 4.69) is 25.8 Å². The topological polar surface area (TPSA) is 33.2 Å². The molecule has 0 N–H and O–H groups in total. The van der Waals surface area contributed by atoms with Crippen molar-refractivity contribution in [3.8, 4) is 0 Å². The lowest BCUT2D eigenvalue weighted by molar-refractivity contribution is 0.112. The number of carbonyl (C=O) groups excluding carboxylic acids is 1. The Bertz CT molecular complexity index is 495. The van der Waals surface area contributed by atoms with Gasteiger partial charge in [0, 0.05) is 19.0 Å². The molecule has 1 aromatic rings. The normalized spacial score (nSPS) is 22.8. The molecule has 0 spiro atoms. The number of thiazole rings is 1. The lowest BCUT2D eigenvalue weighted by Crippen LogP contribution is -2.37. The van der Waals surface area contributed by atoms with Gasteiger partial charge in [-0.05, 0) is 43.9 Å². The lowest BCUT2D eigenvalue weighted by Gasteiger charge is -2.38. The third-order valence-electron chi connectivity index (χ3n) is 4.90. The quantitative estimate of drug-likeness (QED) is 0.778. The fraction of sp³-hybridized carbons (Fsp3) is 0.750. The maximum absolute atomic E-state index is 11.2. The van der Waals surface area contributed by atoms with E-state index in [-0.39, 0.29) is 0 Å². The first-order chi connectivity index (χ1) is 9.50. The van der Waals surface area contributed by atoms with Crippen molar-refractivity contribution in [2.24, 2.45) is 5.41 Å². The van der Waals surface area contributed by atoms with E-state index in [1.807, 2.05) is 0 Å². The smallest absolute Gasteiger partial charge is 0.186 e. The summed E-state index contributed by atoms with van der Waals surface area (Å²) in [6, 6.07) is 0.584. The molecule has 0 amide bonds. The predicted molar refractivity (Wildman–Crippen MR) is 83.9 cm³/mol. The van der Waals surface area contributed by atoms with E-state index >= 15 is 0 Å². The summed E-state index contributed by atoms with van der Waals surface area (Å²) in [5.74, 6) is 0.555. The van der Waals surface area contributed by atoms with Gasteiger partial charge in [0.05, 0.1) is 10.6 Å². The molecule has 0 radical (unpaired) electrons. The van der Waals surface area contributed by atoms with Crippen molar-refractivity contribution in [3.05, 3.63) is 10.6 Å². The van der Waals surface area contributed by atoms with Gasteiger partial charge in [-0.15, -0.1) is 0 Å². The second kappa shape index (κ2) is 5.14. The fourth-order valence-corrected chi connectivity index (χ4v) is 4.14. The molecule has 4 heteroatoms. The van der Waals surface area contributed by atoms with Crippen LogP contribution < -0.4 is 4.90 Å². The monoisotopic (exact) mass is 292 g/mol. The molecule has 0 atom stereocenters. The minimum absolute atomic E-state index is 0.493. The second-order valence-corrected chi connectivity index (χ2v) is 8.15. The molecule has 2 aliphatic carbocycles. The molecule has 2 aliphatic rings. The molecule has 2 saturated carbocycles. The van der Waals surface area contributed by atoms with Crippen LogP contribution in [-0.4, -0.2) is 24.4 Å². The number of aldehydes is 1. The summed E-state index contributed by atoms with van der Waals surface area (Å²) in [5, 5.41) is 1.04. The van der Waals surface area contributed by atoms with Crippen LogP contribution in [0.25, 0.3) is 0 Å². The summed E-state index contributed by atoms with van der Waals surface area (Å²) >= 11 is 1.58. The van der Waals surface area contributed by atoms with Crippen LogP contribution in [0.15, 0.2) is 0 Å². The molecular formula is C16H24N2OS. The minimum atomic E-state index is 0.493. The van der Waals surface area contributed by atoms with E-state index in [9.17, 15) is 4.79 Å². The van der Waals surface area contributed by atoms with Gasteiger partial charge in [0.15, 0.2) is 11.4 Å². The lowest BCUT2D eigenvalue weighted by atomic mass is 9.75. The van der Waals surface area contributed by atoms with Crippen LogP contribution in [0.5, 0.6) is 0 Å². The Morgan fingerprint density at radius 1 is 1.25 bits per heavy atom. The van der Waals surface area contributed by atoms with Gasteiger partial charge in [-0.1, -0.05) is 25.2 Å². The zero-order valence-electron chi connectivity index (χ0n) is 12.7. The van der Waals surface area contributed by atoms with E-state index in [1.54, 1.807) is 11.3 Å². The average molecular weight is 292 g/mol. The Labute approximate surface area is 125 Å². The van der Waals surface area contributed by atoms with Gasteiger partial charge in [0.2, 0.25) is 0 Å². The minimum Gasteiger partial charge on any atom is -0.348 e. The summed E-state index contributed by atoms with van der Waals surface area (Å²) in [5.41, 5.74) is 1.55. The SMILES string of the molecule is CN(c1nc(C2CC2)c(C=O)s1)C1CCC(C)(C)CC1. The number of nitrogens with zero attached hydrogens (tertiary/aromatic N) is 2. The van der Waals surface area contributed by atoms with Gasteiger partial charge in [-0.2, -0.15) is 0 Å². The van der Waals surface area contributed by atoms with Crippen molar-refractivity contribution in [2.45, 2.75) is 64.3 Å². The molecule has 0 aromatic carbocycles. The van der Waals surface area contributed by atoms with Crippen molar-refractivity contribution in [3.63, 3.8) is 0 Å². The first-order valence-electron chi connectivity index (χ1n) is 7.69. The molecule has 0 bridgehead atoms. The number of rotatable bonds is 4. The van der Waals surface area contributed by atoms with Gasteiger partial charge < -0.3 is 4.90 Å². The molecule has 0 aliphatic heterocycles.